The van der Waals surface area contributed by atoms with Gasteiger partial charge in [-0.25, -0.2) is 0 Å². The lowest BCUT2D eigenvalue weighted by Gasteiger charge is -2.29. The Balaban J connectivity index is 1.86. The average Bonchev–Trinajstić information content (AvgIpc) is 2.38. The summed E-state index contributed by atoms with van der Waals surface area (Å²) in [6.45, 7) is 7.18. The second kappa shape index (κ2) is 6.01. The van der Waals surface area contributed by atoms with Crippen LogP contribution in [0.1, 0.15) is 29.3 Å². The van der Waals surface area contributed by atoms with Gasteiger partial charge in [-0.2, -0.15) is 0 Å². The van der Waals surface area contributed by atoms with E-state index in [-0.39, 0.29) is 5.91 Å². The molecule has 0 radical (unpaired) electrons. The summed E-state index contributed by atoms with van der Waals surface area (Å²) in [5.41, 5.74) is 1.93. The van der Waals surface area contributed by atoms with Crippen LogP contribution in [0.25, 0.3) is 0 Å². The first kappa shape index (κ1) is 13.1. The summed E-state index contributed by atoms with van der Waals surface area (Å²) in [4.78, 5) is 12.0. The number of aryl methyl sites for hydroxylation is 1. The molecule has 1 saturated heterocycles. The zero-order valence-electron chi connectivity index (χ0n) is 11.2. The van der Waals surface area contributed by atoms with E-state index in [0.29, 0.717) is 11.8 Å². The Morgan fingerprint density at radius 2 is 2.11 bits per heavy atom. The van der Waals surface area contributed by atoms with Gasteiger partial charge in [0.1, 0.15) is 0 Å². The molecule has 1 aromatic rings. The predicted molar refractivity (Wildman–Crippen MR) is 73.7 cm³/mol. The van der Waals surface area contributed by atoms with Gasteiger partial charge in [0.15, 0.2) is 0 Å². The second-order valence-corrected chi connectivity index (χ2v) is 5.31. The standard InChI is InChI=1S/C15H22N2O/c1-11-3-5-13(6-4-11)15(18)17-10-14-7-8-16-9-12(14)2/h3-6,12,14,16H,7-10H2,1-2H3,(H,17,18). The van der Waals surface area contributed by atoms with Crippen molar-refractivity contribution < 1.29 is 4.79 Å². The Kier molecular flexibility index (Phi) is 4.37. The van der Waals surface area contributed by atoms with Gasteiger partial charge in [0.2, 0.25) is 0 Å². The van der Waals surface area contributed by atoms with Crippen LogP contribution in [-0.4, -0.2) is 25.5 Å². The molecule has 98 valence electrons. The van der Waals surface area contributed by atoms with Gasteiger partial charge in [-0.3, -0.25) is 4.79 Å². The van der Waals surface area contributed by atoms with Gasteiger partial charge in [0, 0.05) is 12.1 Å². The Morgan fingerprint density at radius 1 is 1.39 bits per heavy atom. The lowest BCUT2D eigenvalue weighted by Crippen LogP contribution is -2.41. The second-order valence-electron chi connectivity index (χ2n) is 5.31. The molecule has 2 rings (SSSR count). The van der Waals surface area contributed by atoms with E-state index in [1.165, 1.54) is 5.56 Å². The van der Waals surface area contributed by atoms with Crippen molar-refractivity contribution >= 4 is 5.91 Å². The van der Waals surface area contributed by atoms with Gasteiger partial charge in [0.25, 0.3) is 5.91 Å². The first-order valence-electron chi connectivity index (χ1n) is 6.72. The Hall–Kier alpha value is -1.35. The maximum Gasteiger partial charge on any atom is 0.251 e. The van der Waals surface area contributed by atoms with E-state index in [9.17, 15) is 4.79 Å². The summed E-state index contributed by atoms with van der Waals surface area (Å²) in [5, 5.41) is 6.43. The minimum Gasteiger partial charge on any atom is -0.352 e. The fraction of sp³-hybridized carbons (Fsp3) is 0.533. The lowest BCUT2D eigenvalue weighted by molar-refractivity contribution is 0.0938. The molecular formula is C15H22N2O. The number of piperidine rings is 1. The predicted octanol–water partition coefficient (Wildman–Crippen LogP) is 1.97. The van der Waals surface area contributed by atoms with E-state index in [0.717, 1.165) is 31.6 Å². The van der Waals surface area contributed by atoms with E-state index in [1.807, 2.05) is 31.2 Å². The summed E-state index contributed by atoms with van der Waals surface area (Å²) in [5.74, 6) is 1.28. The van der Waals surface area contributed by atoms with Crippen LogP contribution in [-0.2, 0) is 0 Å². The van der Waals surface area contributed by atoms with Crippen LogP contribution in [0.5, 0.6) is 0 Å². The third kappa shape index (κ3) is 3.33. The number of nitrogens with one attached hydrogen (secondary N) is 2. The molecule has 1 aliphatic rings. The largest absolute Gasteiger partial charge is 0.352 e. The Morgan fingerprint density at radius 3 is 2.78 bits per heavy atom. The van der Waals surface area contributed by atoms with E-state index in [1.54, 1.807) is 0 Å². The SMILES string of the molecule is Cc1ccc(C(=O)NCC2CCNCC2C)cc1. The number of hydrogen-bond donors (Lipinski definition) is 2. The van der Waals surface area contributed by atoms with Crippen LogP contribution in [0.2, 0.25) is 0 Å². The fourth-order valence-corrected chi connectivity index (χ4v) is 2.40. The summed E-state index contributed by atoms with van der Waals surface area (Å²) in [6.07, 6.45) is 1.15. The van der Waals surface area contributed by atoms with Gasteiger partial charge in [0.05, 0.1) is 0 Å². The first-order chi connectivity index (χ1) is 8.66. The monoisotopic (exact) mass is 246 g/mol. The van der Waals surface area contributed by atoms with E-state index in [4.69, 9.17) is 0 Å². The van der Waals surface area contributed by atoms with Crippen LogP contribution in [0.15, 0.2) is 24.3 Å². The van der Waals surface area contributed by atoms with E-state index in [2.05, 4.69) is 17.6 Å². The van der Waals surface area contributed by atoms with Crippen LogP contribution in [0.3, 0.4) is 0 Å². The highest BCUT2D eigenvalue weighted by molar-refractivity contribution is 5.94. The molecule has 1 fully saturated rings. The normalized spacial score (nSPS) is 23.7. The van der Waals surface area contributed by atoms with Gasteiger partial charge >= 0.3 is 0 Å². The topological polar surface area (TPSA) is 41.1 Å². The highest BCUT2D eigenvalue weighted by Crippen LogP contribution is 2.17. The summed E-state index contributed by atoms with van der Waals surface area (Å²) in [7, 11) is 0. The molecule has 1 aliphatic heterocycles. The zero-order chi connectivity index (χ0) is 13.0. The van der Waals surface area contributed by atoms with Crippen LogP contribution in [0.4, 0.5) is 0 Å². The molecule has 1 amide bonds. The zero-order valence-corrected chi connectivity index (χ0v) is 11.2. The Labute approximate surface area is 109 Å². The quantitative estimate of drug-likeness (QED) is 0.856. The molecule has 1 heterocycles. The fourth-order valence-electron chi connectivity index (χ4n) is 2.40. The van der Waals surface area contributed by atoms with Crippen LogP contribution >= 0.6 is 0 Å². The maximum atomic E-state index is 12.0. The highest BCUT2D eigenvalue weighted by atomic mass is 16.1. The van der Waals surface area contributed by atoms with E-state index < -0.39 is 0 Å². The number of rotatable bonds is 3. The minimum atomic E-state index is 0.0423. The average molecular weight is 246 g/mol. The number of amides is 1. The molecule has 3 nitrogen and oxygen atoms in total. The smallest absolute Gasteiger partial charge is 0.251 e. The van der Waals surface area contributed by atoms with Crippen molar-refractivity contribution in [3.05, 3.63) is 35.4 Å². The summed E-state index contributed by atoms with van der Waals surface area (Å²) >= 11 is 0. The number of carbonyl (C=O) groups excluding carboxylic acids is 1. The third-order valence-electron chi connectivity index (χ3n) is 3.80. The van der Waals surface area contributed by atoms with Gasteiger partial charge in [-0.05, 0) is 50.4 Å². The molecule has 3 heteroatoms. The molecule has 2 N–H and O–H groups in total. The first-order valence-corrected chi connectivity index (χ1v) is 6.72. The van der Waals surface area contributed by atoms with Crippen molar-refractivity contribution in [2.75, 3.05) is 19.6 Å². The third-order valence-corrected chi connectivity index (χ3v) is 3.80. The molecule has 2 atom stereocenters. The molecule has 0 spiro atoms. The molecule has 0 bridgehead atoms. The lowest BCUT2D eigenvalue weighted by atomic mass is 9.88. The van der Waals surface area contributed by atoms with Crippen molar-refractivity contribution in [1.29, 1.82) is 0 Å². The van der Waals surface area contributed by atoms with Gasteiger partial charge in [-0.15, -0.1) is 0 Å². The van der Waals surface area contributed by atoms with Gasteiger partial charge < -0.3 is 10.6 Å². The molecule has 0 saturated carbocycles. The molecule has 0 aromatic heterocycles. The number of hydrogen-bond acceptors (Lipinski definition) is 2. The molecule has 1 aromatic carbocycles. The molecule has 0 aliphatic carbocycles. The van der Waals surface area contributed by atoms with Crippen molar-refractivity contribution in [3.8, 4) is 0 Å². The highest BCUT2D eigenvalue weighted by Gasteiger charge is 2.21. The van der Waals surface area contributed by atoms with E-state index >= 15 is 0 Å². The summed E-state index contributed by atoms with van der Waals surface area (Å²) < 4.78 is 0. The van der Waals surface area contributed by atoms with Crippen molar-refractivity contribution in [1.82, 2.24) is 10.6 Å². The number of benzene rings is 1. The van der Waals surface area contributed by atoms with Crippen molar-refractivity contribution in [3.63, 3.8) is 0 Å². The van der Waals surface area contributed by atoms with Gasteiger partial charge in [-0.1, -0.05) is 24.6 Å². The molecular weight excluding hydrogens is 224 g/mol. The van der Waals surface area contributed by atoms with Crippen LogP contribution < -0.4 is 10.6 Å². The maximum absolute atomic E-state index is 12.0. The number of carbonyl (C=O) groups is 1. The molecule has 2 unspecified atom stereocenters. The molecule has 18 heavy (non-hydrogen) atoms. The van der Waals surface area contributed by atoms with Crippen LogP contribution in [0, 0.1) is 18.8 Å². The van der Waals surface area contributed by atoms with Crippen molar-refractivity contribution in [2.45, 2.75) is 20.3 Å². The Bertz CT molecular complexity index is 399. The minimum absolute atomic E-state index is 0.0423. The summed E-state index contributed by atoms with van der Waals surface area (Å²) in [6, 6.07) is 7.72. The van der Waals surface area contributed by atoms with Crippen molar-refractivity contribution in [2.24, 2.45) is 11.8 Å².